The molecule has 35 heavy (non-hydrogen) atoms. The lowest BCUT2D eigenvalue weighted by Crippen LogP contribution is -2.47. The van der Waals surface area contributed by atoms with Crippen molar-refractivity contribution < 1.29 is 19.4 Å². The minimum atomic E-state index is -0.998. The first-order valence-electron chi connectivity index (χ1n) is 12.1. The van der Waals surface area contributed by atoms with E-state index in [4.69, 9.17) is 16.3 Å². The van der Waals surface area contributed by atoms with Crippen LogP contribution in [0, 0.1) is 0 Å². The predicted molar refractivity (Wildman–Crippen MR) is 134 cm³/mol. The predicted octanol–water partition coefficient (Wildman–Crippen LogP) is 3.15. The van der Waals surface area contributed by atoms with Gasteiger partial charge in [-0.15, -0.1) is 0 Å². The Kier molecular flexibility index (Phi) is 6.23. The summed E-state index contributed by atoms with van der Waals surface area (Å²) in [6.45, 7) is 6.44. The molecule has 4 heterocycles. The Hall–Kier alpha value is -2.68. The van der Waals surface area contributed by atoms with Crippen LogP contribution in [0.5, 0.6) is 5.75 Å². The molecule has 0 bridgehead atoms. The zero-order chi connectivity index (χ0) is 24.8. The van der Waals surface area contributed by atoms with Crippen LogP contribution in [0.25, 0.3) is 0 Å². The highest BCUT2D eigenvalue weighted by molar-refractivity contribution is 6.31. The number of likely N-dealkylation sites (tertiary alicyclic amines) is 1. The Bertz CT molecular complexity index is 1150. The van der Waals surface area contributed by atoms with Gasteiger partial charge in [0, 0.05) is 23.7 Å². The number of fused-ring (bicyclic) bond motifs is 3. The third-order valence-corrected chi connectivity index (χ3v) is 7.43. The summed E-state index contributed by atoms with van der Waals surface area (Å²) in [5.41, 5.74) is 1.35. The van der Waals surface area contributed by atoms with E-state index in [1.165, 1.54) is 0 Å². The number of halogens is 1. The van der Waals surface area contributed by atoms with E-state index in [2.05, 4.69) is 15.2 Å². The third-order valence-electron chi connectivity index (χ3n) is 7.19. The van der Waals surface area contributed by atoms with Gasteiger partial charge in [0.2, 0.25) is 11.8 Å². The largest absolute Gasteiger partial charge is 0.491 e. The maximum Gasteiger partial charge on any atom is 0.235 e. The first-order valence-corrected chi connectivity index (χ1v) is 12.5. The summed E-state index contributed by atoms with van der Waals surface area (Å²) < 4.78 is 5.99. The number of hydrogen-bond donors (Lipinski definition) is 2. The molecule has 5 rings (SSSR count). The Morgan fingerprint density at radius 2 is 1.97 bits per heavy atom. The molecule has 0 radical (unpaired) electrons. The molecule has 1 spiro atoms. The van der Waals surface area contributed by atoms with Gasteiger partial charge in [-0.25, -0.2) is 4.98 Å². The molecular weight excluding hydrogens is 468 g/mol. The molecule has 9 heteroatoms. The summed E-state index contributed by atoms with van der Waals surface area (Å²) in [5, 5.41) is 13.8. The zero-order valence-electron chi connectivity index (χ0n) is 20.1. The summed E-state index contributed by atoms with van der Waals surface area (Å²) in [4.78, 5) is 33.6. The Labute approximate surface area is 210 Å². The quantitative estimate of drug-likeness (QED) is 0.635. The van der Waals surface area contributed by atoms with Crippen LogP contribution in [0.15, 0.2) is 30.5 Å². The molecule has 0 atom stereocenters. The highest BCUT2D eigenvalue weighted by Gasteiger charge is 2.48. The summed E-state index contributed by atoms with van der Waals surface area (Å²) in [6, 6.07) is 7.56. The van der Waals surface area contributed by atoms with Crippen LogP contribution in [-0.4, -0.2) is 65.2 Å². The van der Waals surface area contributed by atoms with E-state index in [-0.39, 0.29) is 18.4 Å². The van der Waals surface area contributed by atoms with Gasteiger partial charge in [0.15, 0.2) is 0 Å². The van der Waals surface area contributed by atoms with Crippen LogP contribution in [0.1, 0.15) is 44.2 Å². The number of nitrogens with zero attached hydrogens (tertiary/aromatic N) is 3. The van der Waals surface area contributed by atoms with Crippen LogP contribution in [-0.2, 0) is 21.4 Å². The summed E-state index contributed by atoms with van der Waals surface area (Å²) in [5.74, 6) is 1.33. The van der Waals surface area contributed by atoms with Gasteiger partial charge in [-0.1, -0.05) is 11.6 Å². The third kappa shape index (κ3) is 4.75. The highest BCUT2D eigenvalue weighted by atomic mass is 35.5. The standard InChI is InChI=1S/C26H31ClN4O4/c1-25(2,34)16-31-22(32)6-3-17-13-19(15-28-23(17)31)35-12-11-30-9-7-26(8-10-30)20-14-18(27)4-5-21(20)29-24(26)33/h4-5,13-15,34H,3,6-12,16H2,1-2H3,(H,29,33). The molecular formula is C26H31ClN4O4. The van der Waals surface area contributed by atoms with Gasteiger partial charge in [0.25, 0.3) is 0 Å². The Morgan fingerprint density at radius 3 is 2.71 bits per heavy atom. The number of ether oxygens (including phenoxy) is 1. The lowest BCUT2D eigenvalue weighted by Gasteiger charge is -2.38. The van der Waals surface area contributed by atoms with Crippen LogP contribution in [0.4, 0.5) is 11.5 Å². The second-order valence-corrected chi connectivity index (χ2v) is 10.8. The number of benzene rings is 1. The number of aromatic nitrogens is 1. The van der Waals surface area contributed by atoms with Gasteiger partial charge in [-0.3, -0.25) is 19.4 Å². The maximum absolute atomic E-state index is 12.8. The number of nitrogens with one attached hydrogen (secondary N) is 1. The monoisotopic (exact) mass is 498 g/mol. The number of amides is 2. The normalized spacial score (nSPS) is 19.5. The van der Waals surface area contributed by atoms with E-state index in [1.807, 2.05) is 24.3 Å². The van der Waals surface area contributed by atoms with Crippen molar-refractivity contribution in [1.29, 1.82) is 0 Å². The van der Waals surface area contributed by atoms with Gasteiger partial charge >= 0.3 is 0 Å². The van der Waals surface area contributed by atoms with Crippen molar-refractivity contribution in [3.63, 3.8) is 0 Å². The van der Waals surface area contributed by atoms with Crippen molar-refractivity contribution in [2.75, 3.05) is 43.0 Å². The molecule has 186 valence electrons. The smallest absolute Gasteiger partial charge is 0.235 e. The van der Waals surface area contributed by atoms with Crippen LogP contribution in [0.2, 0.25) is 5.02 Å². The molecule has 3 aliphatic rings. The molecule has 0 saturated carbocycles. The highest BCUT2D eigenvalue weighted by Crippen LogP contribution is 2.45. The average molecular weight is 499 g/mol. The van der Waals surface area contributed by atoms with Crippen molar-refractivity contribution in [1.82, 2.24) is 9.88 Å². The number of carbonyl (C=O) groups is 2. The molecule has 0 aliphatic carbocycles. The molecule has 1 saturated heterocycles. The Morgan fingerprint density at radius 1 is 1.20 bits per heavy atom. The van der Waals surface area contributed by atoms with E-state index in [0.29, 0.717) is 36.0 Å². The van der Waals surface area contributed by atoms with Crippen molar-refractivity contribution in [2.45, 2.75) is 50.5 Å². The molecule has 1 aromatic carbocycles. The van der Waals surface area contributed by atoms with Crippen molar-refractivity contribution in [3.05, 3.63) is 46.6 Å². The number of carbonyl (C=O) groups excluding carboxylic acids is 2. The number of anilines is 2. The summed E-state index contributed by atoms with van der Waals surface area (Å²) >= 11 is 6.21. The molecule has 2 amide bonds. The average Bonchev–Trinajstić information content (AvgIpc) is 3.07. The number of rotatable bonds is 6. The molecule has 3 aliphatic heterocycles. The van der Waals surface area contributed by atoms with Gasteiger partial charge in [-0.2, -0.15) is 0 Å². The molecule has 2 aromatic rings. The molecule has 0 unspecified atom stereocenters. The fraction of sp³-hybridized carbons (Fsp3) is 0.500. The lowest BCUT2D eigenvalue weighted by molar-refractivity contribution is -0.122. The number of aliphatic hydroxyl groups is 1. The van der Waals surface area contributed by atoms with E-state index < -0.39 is 11.0 Å². The first kappa shape index (κ1) is 24.0. The lowest BCUT2D eigenvalue weighted by atomic mass is 9.73. The van der Waals surface area contributed by atoms with Crippen LogP contribution >= 0.6 is 11.6 Å². The summed E-state index contributed by atoms with van der Waals surface area (Å²) in [6.07, 6.45) is 4.15. The van der Waals surface area contributed by atoms with Gasteiger partial charge in [-0.05, 0) is 81.6 Å². The minimum absolute atomic E-state index is 0.0236. The zero-order valence-corrected chi connectivity index (χ0v) is 20.9. The number of hydrogen-bond acceptors (Lipinski definition) is 6. The molecule has 8 nitrogen and oxygen atoms in total. The Balaban J connectivity index is 1.17. The second kappa shape index (κ2) is 9.08. The van der Waals surface area contributed by atoms with Gasteiger partial charge in [0.1, 0.15) is 18.2 Å². The second-order valence-electron chi connectivity index (χ2n) is 10.4. The number of aryl methyl sites for hydroxylation is 1. The van der Waals surface area contributed by atoms with E-state index in [1.54, 1.807) is 24.9 Å². The minimum Gasteiger partial charge on any atom is -0.491 e. The maximum atomic E-state index is 12.8. The van der Waals surface area contributed by atoms with E-state index in [9.17, 15) is 14.7 Å². The molecule has 2 N–H and O–H groups in total. The topological polar surface area (TPSA) is 95.0 Å². The number of pyridine rings is 1. The van der Waals surface area contributed by atoms with Gasteiger partial charge < -0.3 is 15.2 Å². The first-order chi connectivity index (χ1) is 16.6. The van der Waals surface area contributed by atoms with Crippen LogP contribution in [0.3, 0.4) is 0 Å². The van der Waals surface area contributed by atoms with Crippen molar-refractivity contribution >= 4 is 34.9 Å². The number of piperidine rings is 1. The fourth-order valence-electron chi connectivity index (χ4n) is 5.36. The van der Waals surface area contributed by atoms with Crippen molar-refractivity contribution in [2.24, 2.45) is 0 Å². The van der Waals surface area contributed by atoms with Crippen LogP contribution < -0.4 is 15.0 Å². The van der Waals surface area contributed by atoms with Gasteiger partial charge in [0.05, 0.1) is 23.8 Å². The molecule has 1 aromatic heterocycles. The van der Waals surface area contributed by atoms with Crippen molar-refractivity contribution in [3.8, 4) is 5.75 Å². The number of β-amino-alcohol motifs (C(OH)–C–C–N with tert-alkyl or cyclic N) is 1. The SMILES string of the molecule is CC(C)(O)CN1C(=O)CCc2cc(OCCN3CCC4(CC3)C(=O)Nc3ccc(Cl)cc34)cnc21. The molecule has 1 fully saturated rings. The fourth-order valence-corrected chi connectivity index (χ4v) is 5.54. The summed E-state index contributed by atoms with van der Waals surface area (Å²) in [7, 11) is 0. The van der Waals surface area contributed by atoms with E-state index in [0.717, 1.165) is 49.3 Å². The van der Waals surface area contributed by atoms with E-state index >= 15 is 0 Å².